The van der Waals surface area contributed by atoms with Gasteiger partial charge in [-0.15, -0.1) is 0 Å². The van der Waals surface area contributed by atoms with Crippen molar-refractivity contribution in [3.05, 3.63) is 0 Å². The molecule has 0 spiro atoms. The molecule has 0 aromatic carbocycles. The minimum Gasteiger partial charge on any atom is -0.459 e. The first-order chi connectivity index (χ1) is 23.3. The van der Waals surface area contributed by atoms with Crippen molar-refractivity contribution in [2.45, 2.75) is 209 Å². The summed E-state index contributed by atoms with van der Waals surface area (Å²) in [5, 5.41) is 25.0. The Bertz CT molecular complexity index is 1170. The van der Waals surface area contributed by atoms with Gasteiger partial charge in [0.15, 0.2) is 18.4 Å². The lowest BCUT2D eigenvalue weighted by atomic mass is 9.72. The van der Waals surface area contributed by atoms with E-state index in [1.807, 2.05) is 48.5 Å². The molecule has 0 radical (unpaired) electrons. The van der Waals surface area contributed by atoms with Crippen molar-refractivity contribution < 1.29 is 48.2 Å². The molecule has 51 heavy (non-hydrogen) atoms. The van der Waals surface area contributed by atoms with Crippen LogP contribution in [0.2, 0.25) is 0 Å². The number of carbonyl (C=O) groups excluding carboxylic acids is 1. The summed E-state index contributed by atoms with van der Waals surface area (Å²) in [6.07, 6.45) is -2.49. The number of cyclic esters (lactones) is 1. The molecule has 0 aliphatic carbocycles. The van der Waals surface area contributed by atoms with Crippen LogP contribution in [0.4, 0.5) is 0 Å². The Morgan fingerprint density at radius 2 is 1.41 bits per heavy atom. The largest absolute Gasteiger partial charge is 0.459 e. The zero-order valence-corrected chi connectivity index (χ0v) is 34.7. The van der Waals surface area contributed by atoms with Crippen LogP contribution >= 0.6 is 0 Å². The molecule has 4 rings (SSSR count). The van der Waals surface area contributed by atoms with Gasteiger partial charge < -0.3 is 43.4 Å². The molecule has 18 atom stereocenters. The zero-order valence-electron chi connectivity index (χ0n) is 34.7. The van der Waals surface area contributed by atoms with E-state index in [9.17, 15) is 15.0 Å². The van der Waals surface area contributed by atoms with Crippen LogP contribution in [0.25, 0.3) is 0 Å². The maximum absolute atomic E-state index is 14.4. The molecule has 0 amide bonds. The summed E-state index contributed by atoms with van der Waals surface area (Å²) in [5.74, 6) is -2.57. The van der Waals surface area contributed by atoms with E-state index in [4.69, 9.17) is 33.2 Å². The van der Waals surface area contributed by atoms with Crippen LogP contribution in [0.5, 0.6) is 0 Å². The quantitative estimate of drug-likeness (QED) is 0.280. The first kappa shape index (κ1) is 42.9. The third kappa shape index (κ3) is 9.17. The highest BCUT2D eigenvalue weighted by Crippen LogP contribution is 2.46. The van der Waals surface area contributed by atoms with Crippen LogP contribution < -0.4 is 0 Å². The molecule has 4 aliphatic rings. The van der Waals surface area contributed by atoms with Crippen molar-refractivity contribution >= 4 is 5.97 Å². The van der Waals surface area contributed by atoms with E-state index in [1.54, 1.807) is 6.92 Å². The van der Waals surface area contributed by atoms with Crippen molar-refractivity contribution in [3.63, 3.8) is 0 Å². The van der Waals surface area contributed by atoms with Crippen molar-refractivity contribution in [2.24, 2.45) is 46.8 Å². The maximum Gasteiger partial charge on any atom is 0.311 e. The predicted octanol–water partition coefficient (Wildman–Crippen LogP) is 7.25. The Morgan fingerprint density at radius 3 is 2.00 bits per heavy atom. The Kier molecular flexibility index (Phi) is 13.2. The number of esters is 1. The van der Waals surface area contributed by atoms with Gasteiger partial charge in [0.2, 0.25) is 0 Å². The van der Waals surface area contributed by atoms with Gasteiger partial charge in [0, 0.05) is 24.2 Å². The Balaban J connectivity index is 1.84. The summed E-state index contributed by atoms with van der Waals surface area (Å²) in [6.45, 7) is 32.1. The second-order valence-electron chi connectivity index (χ2n) is 18.9. The van der Waals surface area contributed by atoms with E-state index >= 15 is 0 Å². The number of hydrogen-bond donors (Lipinski definition) is 2. The summed E-state index contributed by atoms with van der Waals surface area (Å²) in [5.41, 5.74) is -3.02. The lowest BCUT2D eigenvalue weighted by Gasteiger charge is -2.53. The van der Waals surface area contributed by atoms with Crippen LogP contribution in [-0.2, 0) is 38.0 Å². The average molecular weight is 727 g/mol. The van der Waals surface area contributed by atoms with Gasteiger partial charge in [-0.1, -0.05) is 62.3 Å². The standard InChI is InChI=1S/C41H74O10/c1-17-30-41(16,44)35-25(6)32(50-39(13,14)51-35)22(3)19-40(15,43)34(49-37-24(5)21(2)18-23(4)45-37)26(7)33(27(8)36(42)47-30)48-31-20-38(11,12)28(9)29(10)46-31/h21-35,37,43-44H,17-20H2,1-16H3/t21-,22+,23+,24+,25-,26-,27+,28-,29-,30+,31?,32-,33-,34+,35+,37?,40-,41+/m0/s1. The number of carbonyl (C=O) groups is 1. The monoisotopic (exact) mass is 727 g/mol. The van der Waals surface area contributed by atoms with E-state index in [0.29, 0.717) is 31.1 Å². The van der Waals surface area contributed by atoms with E-state index in [-0.39, 0.29) is 41.5 Å². The van der Waals surface area contributed by atoms with Crippen LogP contribution in [-0.4, -0.2) is 88.5 Å². The fraction of sp³-hybridized carbons (Fsp3) is 0.976. The van der Waals surface area contributed by atoms with Gasteiger partial charge in [-0.05, 0) is 90.9 Å². The average Bonchev–Trinajstić information content (AvgIpc) is 3.01. The predicted molar refractivity (Wildman–Crippen MR) is 195 cm³/mol. The number of fused-ring (bicyclic) bond motifs is 2. The van der Waals surface area contributed by atoms with Crippen LogP contribution in [0.3, 0.4) is 0 Å². The zero-order chi connectivity index (χ0) is 38.6. The Hall–Kier alpha value is -0.850. The lowest BCUT2D eigenvalue weighted by Crippen LogP contribution is -2.64. The highest BCUT2D eigenvalue weighted by Gasteiger charge is 2.56. The summed E-state index contributed by atoms with van der Waals surface area (Å²) < 4.78 is 46.1. The second kappa shape index (κ2) is 15.7. The summed E-state index contributed by atoms with van der Waals surface area (Å²) in [7, 11) is 0. The van der Waals surface area contributed by atoms with Crippen molar-refractivity contribution in [2.75, 3.05) is 0 Å². The number of ether oxygens (including phenoxy) is 7. The van der Waals surface area contributed by atoms with Crippen molar-refractivity contribution in [3.8, 4) is 0 Å². The van der Waals surface area contributed by atoms with Crippen LogP contribution in [0.15, 0.2) is 0 Å². The van der Waals surface area contributed by atoms with Gasteiger partial charge in [-0.2, -0.15) is 0 Å². The highest BCUT2D eigenvalue weighted by atomic mass is 16.7. The molecular formula is C41H74O10. The third-order valence-corrected chi connectivity index (χ3v) is 13.4. The van der Waals surface area contributed by atoms with Crippen molar-refractivity contribution in [1.82, 2.24) is 0 Å². The first-order valence-electron chi connectivity index (χ1n) is 20.0. The normalized spacial score (nSPS) is 51.3. The lowest BCUT2D eigenvalue weighted by molar-refractivity contribution is -0.360. The summed E-state index contributed by atoms with van der Waals surface area (Å²) in [6, 6.07) is 0. The molecule has 0 aromatic rings. The molecule has 4 aliphatic heterocycles. The number of aliphatic hydroxyl groups is 2. The molecule has 0 aromatic heterocycles. The molecule has 10 nitrogen and oxygen atoms in total. The van der Waals surface area contributed by atoms with Crippen molar-refractivity contribution in [1.29, 1.82) is 0 Å². The Labute approximate surface area is 309 Å². The van der Waals surface area contributed by atoms with Gasteiger partial charge in [-0.25, -0.2) is 0 Å². The molecular weight excluding hydrogens is 652 g/mol. The van der Waals surface area contributed by atoms with Crippen LogP contribution in [0, 0.1) is 46.8 Å². The minimum absolute atomic E-state index is 0.00407. The minimum atomic E-state index is -1.53. The molecule has 298 valence electrons. The molecule has 0 saturated carbocycles. The van der Waals surface area contributed by atoms with Gasteiger partial charge in [0.1, 0.15) is 11.7 Å². The van der Waals surface area contributed by atoms with E-state index in [0.717, 1.165) is 6.42 Å². The number of hydrogen-bond acceptors (Lipinski definition) is 10. The third-order valence-electron chi connectivity index (χ3n) is 13.4. The van der Waals surface area contributed by atoms with Gasteiger partial charge >= 0.3 is 5.97 Å². The molecule has 2 N–H and O–H groups in total. The maximum atomic E-state index is 14.4. The summed E-state index contributed by atoms with van der Waals surface area (Å²) in [4.78, 5) is 14.4. The second-order valence-corrected chi connectivity index (χ2v) is 18.9. The van der Waals surface area contributed by atoms with E-state index < -0.39 is 71.8 Å². The summed E-state index contributed by atoms with van der Waals surface area (Å²) >= 11 is 0. The smallest absolute Gasteiger partial charge is 0.311 e. The molecule has 10 heteroatoms. The SMILES string of the molecule is CC[C@H]1OC(=O)[C@H](C)[C@@H](OC2CC(C)(C)[C@@H](C)[C@H](C)O2)[C@H](C)[C@@H](OC2O[C@H](C)C[C@H](C)[C@H]2C)[C@@](C)(O)C[C@@H](C)[C@@H]2OC(C)(C)O[C@H]([C@H]2C)[C@]1(C)O. The molecule has 4 heterocycles. The number of rotatable bonds is 5. The van der Waals surface area contributed by atoms with Crippen LogP contribution in [0.1, 0.15) is 136 Å². The van der Waals surface area contributed by atoms with Gasteiger partial charge in [0.05, 0.1) is 48.1 Å². The first-order valence-corrected chi connectivity index (χ1v) is 20.0. The fourth-order valence-electron chi connectivity index (χ4n) is 9.73. The highest BCUT2D eigenvalue weighted by molar-refractivity contribution is 5.73. The molecule has 4 saturated heterocycles. The Morgan fingerprint density at radius 1 is 0.784 bits per heavy atom. The molecule has 4 fully saturated rings. The molecule has 2 bridgehead atoms. The fourth-order valence-corrected chi connectivity index (χ4v) is 9.73. The van der Waals surface area contributed by atoms with E-state index in [2.05, 4.69) is 55.4 Å². The topological polar surface area (TPSA) is 122 Å². The van der Waals surface area contributed by atoms with E-state index in [1.165, 1.54) is 0 Å². The molecule has 2 unspecified atom stereocenters. The van der Waals surface area contributed by atoms with Gasteiger partial charge in [0.25, 0.3) is 0 Å². The van der Waals surface area contributed by atoms with Gasteiger partial charge in [-0.3, -0.25) is 4.79 Å².